The summed E-state index contributed by atoms with van der Waals surface area (Å²) in [5.74, 6) is -1.12. The van der Waals surface area contributed by atoms with Gasteiger partial charge in [-0.15, -0.1) is 0 Å². The first-order valence-corrected chi connectivity index (χ1v) is 11.8. The molecular formula is C24H16F3NO7S. The molecule has 3 aromatic carbocycles. The van der Waals surface area contributed by atoms with Crippen LogP contribution in [0.5, 0.6) is 17.2 Å². The molecule has 0 aliphatic carbocycles. The lowest BCUT2D eigenvalue weighted by Crippen LogP contribution is -2.39. The molecule has 0 spiro atoms. The number of halogens is 3. The summed E-state index contributed by atoms with van der Waals surface area (Å²) in [6.45, 7) is -0.108. The second-order valence-electron chi connectivity index (χ2n) is 7.72. The van der Waals surface area contributed by atoms with Crippen molar-refractivity contribution in [1.82, 2.24) is 0 Å². The van der Waals surface area contributed by atoms with Gasteiger partial charge in [-0.3, -0.25) is 0 Å². The highest BCUT2D eigenvalue weighted by Crippen LogP contribution is 2.49. The predicted molar refractivity (Wildman–Crippen MR) is 120 cm³/mol. The van der Waals surface area contributed by atoms with Gasteiger partial charge in [0.15, 0.2) is 17.2 Å². The van der Waals surface area contributed by atoms with Crippen LogP contribution in [0.1, 0.15) is 16.7 Å². The Bertz CT molecular complexity index is 1550. The summed E-state index contributed by atoms with van der Waals surface area (Å²) in [6, 6.07) is 12.2. The molecular weight excluding hydrogens is 503 g/mol. The second kappa shape index (κ2) is 8.19. The molecule has 12 heteroatoms. The van der Waals surface area contributed by atoms with Crippen molar-refractivity contribution >= 4 is 27.3 Å². The third-order valence-corrected chi connectivity index (χ3v) is 7.48. The molecule has 36 heavy (non-hydrogen) atoms. The molecule has 0 fully saturated rings. The Balaban J connectivity index is 1.94. The molecule has 2 aliphatic heterocycles. The van der Waals surface area contributed by atoms with Crippen molar-refractivity contribution in [2.24, 2.45) is 0 Å². The zero-order valence-corrected chi connectivity index (χ0v) is 19.2. The van der Waals surface area contributed by atoms with Crippen molar-refractivity contribution < 1.29 is 45.7 Å². The van der Waals surface area contributed by atoms with E-state index in [0.717, 1.165) is 12.1 Å². The van der Waals surface area contributed by atoms with Gasteiger partial charge in [0.2, 0.25) is 6.79 Å². The van der Waals surface area contributed by atoms with Crippen LogP contribution in [0, 0.1) is 0 Å². The summed E-state index contributed by atoms with van der Waals surface area (Å²) in [6.07, 6.45) is -4.97. The van der Waals surface area contributed by atoms with E-state index in [0.29, 0.717) is 11.8 Å². The maximum absolute atomic E-state index is 13.9. The molecule has 0 radical (unpaired) electrons. The van der Waals surface area contributed by atoms with Crippen LogP contribution in [-0.2, 0) is 21.0 Å². The second-order valence-corrected chi connectivity index (χ2v) is 9.47. The van der Waals surface area contributed by atoms with Crippen molar-refractivity contribution in [3.8, 4) is 17.2 Å². The minimum atomic E-state index is -4.97. The lowest BCUT2D eigenvalue weighted by atomic mass is 9.93. The zero-order valence-electron chi connectivity index (χ0n) is 18.4. The minimum Gasteiger partial charge on any atom is -0.496 e. The third-order valence-electron chi connectivity index (χ3n) is 5.71. The fraction of sp³-hybridized carbons (Fsp3) is 0.125. The molecule has 0 amide bonds. The van der Waals surface area contributed by atoms with Crippen molar-refractivity contribution in [2.75, 3.05) is 18.2 Å². The Morgan fingerprint density at radius 2 is 1.64 bits per heavy atom. The van der Waals surface area contributed by atoms with Gasteiger partial charge in [-0.05, 0) is 24.3 Å². The Morgan fingerprint density at radius 3 is 2.31 bits per heavy atom. The number of hydrogen-bond donors (Lipinski definition) is 1. The van der Waals surface area contributed by atoms with Gasteiger partial charge in [-0.25, -0.2) is 17.5 Å². The summed E-state index contributed by atoms with van der Waals surface area (Å²) >= 11 is 0. The molecule has 0 bridgehead atoms. The van der Waals surface area contributed by atoms with E-state index in [-0.39, 0.29) is 44.2 Å². The van der Waals surface area contributed by atoms with Gasteiger partial charge in [0, 0.05) is 22.8 Å². The van der Waals surface area contributed by atoms with Crippen LogP contribution < -0.4 is 18.5 Å². The van der Waals surface area contributed by atoms with E-state index < -0.39 is 39.1 Å². The molecule has 186 valence electrons. The Hall–Kier alpha value is -4.19. The van der Waals surface area contributed by atoms with Gasteiger partial charge in [-0.1, -0.05) is 30.3 Å². The average Bonchev–Trinajstić information content (AvgIpc) is 3.30. The first-order chi connectivity index (χ1) is 17.1. The number of hydrogen-bond acceptors (Lipinski definition) is 6. The Kier molecular flexibility index (Phi) is 5.36. The van der Waals surface area contributed by atoms with Gasteiger partial charge < -0.3 is 19.3 Å². The number of anilines is 1. The van der Waals surface area contributed by atoms with E-state index in [9.17, 15) is 31.5 Å². The van der Waals surface area contributed by atoms with Crippen molar-refractivity contribution in [3.05, 3.63) is 83.1 Å². The number of para-hydroxylation sites is 1. The van der Waals surface area contributed by atoms with Crippen LogP contribution in [0.3, 0.4) is 0 Å². The summed E-state index contributed by atoms with van der Waals surface area (Å²) in [5.41, 5.74) is -3.16. The van der Waals surface area contributed by atoms with Crippen LogP contribution in [0.2, 0.25) is 0 Å². The van der Waals surface area contributed by atoms with E-state index in [1.54, 1.807) is 0 Å². The molecule has 3 aromatic rings. The number of sulfonamides is 1. The fourth-order valence-electron chi connectivity index (χ4n) is 4.24. The van der Waals surface area contributed by atoms with Gasteiger partial charge in [0.05, 0.1) is 23.3 Å². The molecule has 0 aromatic heterocycles. The molecule has 2 aliphatic rings. The SMILES string of the molecule is COc1cc2c(cc1C1=C(C(=O)O)N(c3ccccc3C(F)(F)F)S(=O)(=O)c3ccccc31)OCO2. The Morgan fingerprint density at radius 1 is 1.00 bits per heavy atom. The quantitative estimate of drug-likeness (QED) is 0.542. The number of methoxy groups -OCH3 is 1. The van der Waals surface area contributed by atoms with Gasteiger partial charge in [0.25, 0.3) is 10.0 Å². The van der Waals surface area contributed by atoms with Crippen molar-refractivity contribution in [1.29, 1.82) is 0 Å². The van der Waals surface area contributed by atoms with Crippen LogP contribution in [-0.4, -0.2) is 33.4 Å². The van der Waals surface area contributed by atoms with E-state index in [4.69, 9.17) is 14.2 Å². The average molecular weight is 519 g/mol. The summed E-state index contributed by atoms with van der Waals surface area (Å²) < 4.78 is 85.6. The third kappa shape index (κ3) is 3.52. The highest BCUT2D eigenvalue weighted by molar-refractivity contribution is 7.93. The molecule has 1 N–H and O–H groups in total. The highest BCUT2D eigenvalue weighted by Gasteiger charge is 2.45. The topological polar surface area (TPSA) is 102 Å². The molecule has 0 atom stereocenters. The standard InChI is InChI=1S/C24H16F3NO7S/c1-33-17-11-19-18(34-12-35-19)10-14(17)21-13-6-2-5-9-20(13)36(31,32)28(22(21)23(29)30)16-8-4-3-7-15(16)24(25,26)27/h2-11H,12H2,1H3,(H,29,30). The molecule has 2 heterocycles. The van der Waals surface area contributed by atoms with Gasteiger partial charge in [-0.2, -0.15) is 13.2 Å². The molecule has 8 nitrogen and oxygen atoms in total. The van der Waals surface area contributed by atoms with Crippen molar-refractivity contribution in [2.45, 2.75) is 11.1 Å². The maximum Gasteiger partial charge on any atom is 0.418 e. The maximum atomic E-state index is 13.9. The number of nitrogens with zero attached hydrogens (tertiary/aromatic N) is 1. The summed E-state index contributed by atoms with van der Waals surface area (Å²) in [4.78, 5) is 12.3. The van der Waals surface area contributed by atoms with Crippen LogP contribution in [0.4, 0.5) is 18.9 Å². The zero-order chi connectivity index (χ0) is 25.8. The number of aliphatic carboxylic acids is 1. The smallest absolute Gasteiger partial charge is 0.418 e. The number of ether oxygens (including phenoxy) is 3. The van der Waals surface area contributed by atoms with Crippen LogP contribution >= 0.6 is 0 Å². The lowest BCUT2D eigenvalue weighted by Gasteiger charge is -2.34. The Labute approximate surface area is 202 Å². The number of rotatable bonds is 4. The molecule has 0 saturated carbocycles. The van der Waals surface area contributed by atoms with Gasteiger partial charge in [0.1, 0.15) is 5.75 Å². The van der Waals surface area contributed by atoms with E-state index in [1.807, 2.05) is 0 Å². The monoisotopic (exact) mass is 519 g/mol. The van der Waals surface area contributed by atoms with E-state index in [2.05, 4.69) is 0 Å². The molecule has 5 rings (SSSR count). The van der Waals surface area contributed by atoms with E-state index >= 15 is 0 Å². The van der Waals surface area contributed by atoms with Crippen molar-refractivity contribution in [3.63, 3.8) is 0 Å². The number of carboxylic acid groups (broad SMARTS) is 1. The van der Waals surface area contributed by atoms with Crippen LogP contribution in [0.25, 0.3) is 5.57 Å². The molecule has 0 saturated heterocycles. The normalized spacial score (nSPS) is 16.1. The fourth-order valence-corrected chi connectivity index (χ4v) is 5.96. The summed E-state index contributed by atoms with van der Waals surface area (Å²) in [7, 11) is -3.48. The minimum absolute atomic E-state index is 0.0206. The predicted octanol–water partition coefficient (Wildman–Crippen LogP) is 4.50. The first kappa shape index (κ1) is 23.5. The number of carboxylic acids is 1. The number of fused-ring (bicyclic) bond motifs is 2. The lowest BCUT2D eigenvalue weighted by molar-refractivity contribution is -0.137. The highest BCUT2D eigenvalue weighted by atomic mass is 32.2. The van der Waals surface area contributed by atoms with E-state index in [1.165, 1.54) is 49.6 Å². The first-order valence-electron chi connectivity index (χ1n) is 10.3. The van der Waals surface area contributed by atoms with Gasteiger partial charge >= 0.3 is 12.1 Å². The number of benzene rings is 3. The van der Waals surface area contributed by atoms with Crippen LogP contribution in [0.15, 0.2) is 71.3 Å². The number of carbonyl (C=O) groups is 1. The molecule has 0 unspecified atom stereocenters. The summed E-state index contributed by atoms with van der Waals surface area (Å²) in [5, 5.41) is 10.3. The largest absolute Gasteiger partial charge is 0.496 e. The number of alkyl halides is 3.